The highest BCUT2D eigenvalue weighted by Crippen LogP contribution is 2.29. The second-order valence-electron chi connectivity index (χ2n) is 8.46. The van der Waals surface area contributed by atoms with E-state index in [1.807, 2.05) is 10.8 Å². The molecule has 11 nitrogen and oxygen atoms in total. The van der Waals surface area contributed by atoms with Gasteiger partial charge in [0, 0.05) is 31.5 Å². The standard InChI is InChI=1S/C24H25N7O4S/c25-12-16-2-4-17(5-3-16)14-31(23(35)29-19-10-18(11-19)22(33)34)24-28-13-20(36-24)21(32)27-6-1-8-30-9-7-26-15-30/h2-5,7,9,13,15,18-19H,1,6,8,10-11,14H2,(H,27,32)(H,29,35)(H,33,34). The highest BCUT2D eigenvalue weighted by atomic mass is 32.1. The predicted octanol–water partition coefficient (Wildman–Crippen LogP) is 2.61. The summed E-state index contributed by atoms with van der Waals surface area (Å²) >= 11 is 1.10. The van der Waals surface area contributed by atoms with Crippen LogP contribution in [0.25, 0.3) is 0 Å². The maximum atomic E-state index is 13.1. The highest BCUT2D eigenvalue weighted by molar-refractivity contribution is 7.17. The summed E-state index contributed by atoms with van der Waals surface area (Å²) in [6.07, 6.45) is 8.19. The van der Waals surface area contributed by atoms with E-state index in [0.717, 1.165) is 29.9 Å². The van der Waals surface area contributed by atoms with Crippen LogP contribution in [0, 0.1) is 17.2 Å². The molecule has 2 aromatic heterocycles. The minimum absolute atomic E-state index is 0.173. The van der Waals surface area contributed by atoms with Gasteiger partial charge in [0.05, 0.1) is 36.6 Å². The minimum atomic E-state index is -0.865. The largest absolute Gasteiger partial charge is 0.481 e. The number of nitrogens with zero attached hydrogens (tertiary/aromatic N) is 5. The number of carboxylic acids is 1. The average molecular weight is 508 g/mol. The molecule has 0 unspecified atom stereocenters. The molecule has 0 atom stereocenters. The number of anilines is 1. The zero-order chi connectivity index (χ0) is 25.5. The van der Waals surface area contributed by atoms with Gasteiger partial charge in [-0.2, -0.15) is 5.26 Å². The minimum Gasteiger partial charge on any atom is -0.481 e. The van der Waals surface area contributed by atoms with Crippen LogP contribution in [0.3, 0.4) is 0 Å². The molecular formula is C24H25N7O4S. The number of imidazole rings is 1. The van der Waals surface area contributed by atoms with Crippen LogP contribution in [-0.4, -0.2) is 50.1 Å². The number of hydrogen-bond donors (Lipinski definition) is 3. The molecule has 1 aliphatic rings. The molecule has 1 aromatic carbocycles. The summed E-state index contributed by atoms with van der Waals surface area (Å²) in [4.78, 5) is 46.9. The summed E-state index contributed by atoms with van der Waals surface area (Å²) in [5, 5.41) is 24.2. The van der Waals surface area contributed by atoms with E-state index in [9.17, 15) is 14.4 Å². The van der Waals surface area contributed by atoms with Crippen LogP contribution in [0.5, 0.6) is 0 Å². The first kappa shape index (κ1) is 24.9. The van der Waals surface area contributed by atoms with Gasteiger partial charge in [-0.3, -0.25) is 14.5 Å². The van der Waals surface area contributed by atoms with E-state index in [2.05, 4.69) is 26.7 Å². The number of aliphatic carboxylic acids is 1. The van der Waals surface area contributed by atoms with E-state index in [1.165, 1.54) is 11.1 Å². The Morgan fingerprint density at radius 2 is 2.03 bits per heavy atom. The Hall–Kier alpha value is -4.24. The Kier molecular flexibility index (Phi) is 7.92. The van der Waals surface area contributed by atoms with Crippen LogP contribution in [0.4, 0.5) is 9.93 Å². The van der Waals surface area contributed by atoms with Crippen molar-refractivity contribution in [3.05, 3.63) is 65.2 Å². The van der Waals surface area contributed by atoms with Gasteiger partial charge in [-0.15, -0.1) is 0 Å². The lowest BCUT2D eigenvalue weighted by molar-refractivity contribution is -0.145. The SMILES string of the molecule is N#Cc1ccc(CN(C(=O)NC2CC(C(=O)O)C2)c2ncc(C(=O)NCCCn3ccnc3)s2)cc1. The van der Waals surface area contributed by atoms with Gasteiger partial charge in [0.1, 0.15) is 4.88 Å². The van der Waals surface area contributed by atoms with Crippen LogP contribution < -0.4 is 15.5 Å². The van der Waals surface area contributed by atoms with Crippen molar-refractivity contribution in [2.75, 3.05) is 11.4 Å². The van der Waals surface area contributed by atoms with Gasteiger partial charge >= 0.3 is 12.0 Å². The molecule has 3 aromatic rings. The zero-order valence-corrected chi connectivity index (χ0v) is 20.1. The topological polar surface area (TPSA) is 153 Å². The van der Waals surface area contributed by atoms with Crippen molar-refractivity contribution in [2.45, 2.75) is 38.4 Å². The number of hydrogen-bond acceptors (Lipinski definition) is 7. The van der Waals surface area contributed by atoms with Crippen LogP contribution in [-0.2, 0) is 17.9 Å². The number of rotatable bonds is 10. The molecule has 0 aliphatic heterocycles. The number of nitrogens with one attached hydrogen (secondary N) is 2. The first-order valence-electron chi connectivity index (χ1n) is 11.4. The van der Waals surface area contributed by atoms with Crippen LogP contribution in [0.15, 0.2) is 49.2 Å². The molecule has 1 aliphatic carbocycles. The quantitative estimate of drug-likeness (QED) is 0.357. The predicted molar refractivity (Wildman–Crippen MR) is 131 cm³/mol. The van der Waals surface area contributed by atoms with Crippen molar-refractivity contribution in [3.8, 4) is 6.07 Å². The molecule has 4 rings (SSSR count). The van der Waals surface area contributed by atoms with E-state index >= 15 is 0 Å². The zero-order valence-electron chi connectivity index (χ0n) is 19.3. The Morgan fingerprint density at radius 1 is 1.25 bits per heavy atom. The first-order valence-corrected chi connectivity index (χ1v) is 12.2. The number of carbonyl (C=O) groups excluding carboxylic acids is 2. The van der Waals surface area contributed by atoms with Crippen LogP contribution in [0.2, 0.25) is 0 Å². The van der Waals surface area contributed by atoms with Crippen LogP contribution >= 0.6 is 11.3 Å². The van der Waals surface area contributed by atoms with Crippen molar-refractivity contribution in [1.82, 2.24) is 25.2 Å². The average Bonchev–Trinajstić information content (AvgIpc) is 3.55. The van der Waals surface area contributed by atoms with E-state index in [4.69, 9.17) is 10.4 Å². The lowest BCUT2D eigenvalue weighted by Gasteiger charge is -2.34. The molecule has 1 fully saturated rings. The summed E-state index contributed by atoms with van der Waals surface area (Å²) < 4.78 is 1.93. The molecule has 12 heteroatoms. The summed E-state index contributed by atoms with van der Waals surface area (Å²) in [7, 11) is 0. The van der Waals surface area contributed by atoms with Crippen molar-refractivity contribution in [1.29, 1.82) is 5.26 Å². The van der Waals surface area contributed by atoms with Crippen molar-refractivity contribution >= 4 is 34.4 Å². The van der Waals surface area contributed by atoms with E-state index in [-0.39, 0.29) is 18.5 Å². The fourth-order valence-electron chi connectivity index (χ4n) is 3.75. The number of amides is 3. The van der Waals surface area contributed by atoms with Crippen molar-refractivity contribution in [2.24, 2.45) is 5.92 Å². The van der Waals surface area contributed by atoms with Gasteiger partial charge in [-0.1, -0.05) is 23.5 Å². The third kappa shape index (κ3) is 6.25. The Labute approximate surface area is 211 Å². The van der Waals surface area contributed by atoms with Gasteiger partial charge < -0.3 is 20.3 Å². The normalized spacial score (nSPS) is 16.4. The number of aromatic nitrogens is 3. The van der Waals surface area contributed by atoms with Crippen molar-refractivity contribution in [3.63, 3.8) is 0 Å². The van der Waals surface area contributed by atoms with Gasteiger partial charge in [-0.25, -0.2) is 14.8 Å². The number of carboxylic acid groups (broad SMARTS) is 1. The maximum absolute atomic E-state index is 13.1. The van der Waals surface area contributed by atoms with E-state index in [0.29, 0.717) is 35.0 Å². The monoisotopic (exact) mass is 507 g/mol. The summed E-state index contributed by atoms with van der Waals surface area (Å²) in [6.45, 7) is 1.38. The summed E-state index contributed by atoms with van der Waals surface area (Å²) in [6, 6.07) is 8.24. The number of urea groups is 1. The van der Waals surface area contributed by atoms with E-state index < -0.39 is 17.9 Å². The van der Waals surface area contributed by atoms with Gasteiger partial charge in [0.2, 0.25) is 0 Å². The summed E-state index contributed by atoms with van der Waals surface area (Å²) in [5.74, 6) is -1.59. The number of nitriles is 1. The summed E-state index contributed by atoms with van der Waals surface area (Å²) in [5.41, 5.74) is 1.28. The first-order chi connectivity index (χ1) is 17.4. The third-order valence-corrected chi connectivity index (χ3v) is 6.89. The van der Waals surface area contributed by atoms with Crippen molar-refractivity contribution < 1.29 is 19.5 Å². The number of thiazole rings is 1. The third-order valence-electron chi connectivity index (χ3n) is 5.87. The molecule has 3 N–H and O–H groups in total. The fraction of sp³-hybridized carbons (Fsp3) is 0.333. The van der Waals surface area contributed by atoms with Gasteiger partial charge in [-0.05, 0) is 37.0 Å². The maximum Gasteiger partial charge on any atom is 0.324 e. The molecule has 3 amide bonds. The number of benzene rings is 1. The molecule has 1 saturated carbocycles. The Bertz CT molecular complexity index is 1240. The lowest BCUT2D eigenvalue weighted by Crippen LogP contribution is -2.51. The molecule has 0 radical (unpaired) electrons. The second kappa shape index (κ2) is 11.5. The fourth-order valence-corrected chi connectivity index (χ4v) is 4.58. The van der Waals surface area contributed by atoms with Gasteiger partial charge in [0.25, 0.3) is 5.91 Å². The molecule has 0 spiro atoms. The smallest absolute Gasteiger partial charge is 0.324 e. The molecule has 0 saturated heterocycles. The van der Waals surface area contributed by atoms with Crippen LogP contribution in [0.1, 0.15) is 40.1 Å². The molecule has 186 valence electrons. The molecular weight excluding hydrogens is 482 g/mol. The lowest BCUT2D eigenvalue weighted by atomic mass is 9.80. The highest BCUT2D eigenvalue weighted by Gasteiger charge is 2.36. The number of aryl methyl sites for hydroxylation is 1. The number of carbonyl (C=O) groups is 3. The second-order valence-corrected chi connectivity index (χ2v) is 9.47. The van der Waals surface area contributed by atoms with E-state index in [1.54, 1.807) is 36.8 Å². The molecule has 36 heavy (non-hydrogen) atoms. The van der Waals surface area contributed by atoms with Gasteiger partial charge in [0.15, 0.2) is 5.13 Å². The Morgan fingerprint density at radius 3 is 2.69 bits per heavy atom. The molecule has 2 heterocycles. The Balaban J connectivity index is 1.40. The molecule has 0 bridgehead atoms.